The molecule has 2 unspecified atom stereocenters. The van der Waals surface area contributed by atoms with Crippen molar-refractivity contribution in [2.24, 2.45) is 5.41 Å². The second kappa shape index (κ2) is 9.21. The summed E-state index contributed by atoms with van der Waals surface area (Å²) in [5.74, 6) is 0.208. The molecule has 33 heavy (non-hydrogen) atoms. The maximum absolute atomic E-state index is 13.4. The predicted molar refractivity (Wildman–Crippen MR) is 123 cm³/mol. The van der Waals surface area contributed by atoms with E-state index < -0.39 is 11.9 Å². The largest absolute Gasteiger partial charge is 0.493 e. The predicted octanol–water partition coefficient (Wildman–Crippen LogP) is 4.03. The number of nitrogens with one attached hydrogen (secondary N) is 1. The monoisotopic (exact) mass is 455 g/mol. The number of rotatable bonds is 6. The van der Waals surface area contributed by atoms with Gasteiger partial charge in [0.15, 0.2) is 17.3 Å². The van der Waals surface area contributed by atoms with Crippen molar-refractivity contribution in [1.29, 1.82) is 0 Å². The quantitative estimate of drug-likeness (QED) is 0.649. The number of ketones is 1. The molecular formula is C26H33NO6. The normalized spacial score (nSPS) is 24.3. The maximum Gasteiger partial charge on any atom is 0.336 e. The Balaban J connectivity index is 1.76. The van der Waals surface area contributed by atoms with Crippen molar-refractivity contribution >= 4 is 11.8 Å². The third kappa shape index (κ3) is 4.64. The summed E-state index contributed by atoms with van der Waals surface area (Å²) >= 11 is 0. The topological polar surface area (TPSA) is 83.1 Å². The van der Waals surface area contributed by atoms with Gasteiger partial charge in [-0.1, -0.05) is 19.9 Å². The van der Waals surface area contributed by atoms with E-state index in [9.17, 15) is 9.59 Å². The number of carbonyl (C=O) groups excluding carboxylic acids is 2. The molecule has 1 aromatic rings. The first kappa shape index (κ1) is 23.4. The highest BCUT2D eigenvalue weighted by Crippen LogP contribution is 2.47. The lowest BCUT2D eigenvalue weighted by Gasteiger charge is -2.39. The zero-order valence-corrected chi connectivity index (χ0v) is 20.1. The van der Waals surface area contributed by atoms with E-state index in [0.717, 1.165) is 30.5 Å². The molecule has 2 heterocycles. The van der Waals surface area contributed by atoms with Crippen LogP contribution in [0.1, 0.15) is 57.9 Å². The molecule has 1 aromatic carbocycles. The Bertz CT molecular complexity index is 1020. The van der Waals surface area contributed by atoms with E-state index in [-0.39, 0.29) is 23.9 Å². The van der Waals surface area contributed by atoms with Crippen molar-refractivity contribution in [3.05, 3.63) is 46.3 Å². The van der Waals surface area contributed by atoms with Crippen molar-refractivity contribution in [1.82, 2.24) is 5.32 Å². The summed E-state index contributed by atoms with van der Waals surface area (Å²) < 4.78 is 22.2. The number of dihydropyridines is 1. The van der Waals surface area contributed by atoms with Crippen LogP contribution in [0.2, 0.25) is 0 Å². The fraction of sp³-hybridized carbons (Fsp3) is 0.538. The Hall–Kier alpha value is -2.80. The van der Waals surface area contributed by atoms with Crippen LogP contribution in [0.3, 0.4) is 0 Å². The Kier molecular flexibility index (Phi) is 6.52. The zero-order chi connectivity index (χ0) is 23.8. The molecule has 0 radical (unpaired) electrons. The minimum atomic E-state index is -0.540. The van der Waals surface area contributed by atoms with Gasteiger partial charge in [0.05, 0.1) is 25.9 Å². The van der Waals surface area contributed by atoms with Gasteiger partial charge in [-0.15, -0.1) is 0 Å². The number of methoxy groups -OCH3 is 2. The molecule has 2 atom stereocenters. The van der Waals surface area contributed by atoms with E-state index >= 15 is 0 Å². The summed E-state index contributed by atoms with van der Waals surface area (Å²) in [7, 11) is 3.15. The van der Waals surface area contributed by atoms with E-state index in [2.05, 4.69) is 19.2 Å². The number of hydrogen-bond donors (Lipinski definition) is 1. The van der Waals surface area contributed by atoms with Gasteiger partial charge < -0.3 is 24.3 Å². The summed E-state index contributed by atoms with van der Waals surface area (Å²) in [6, 6.07) is 5.53. The molecule has 0 amide bonds. The van der Waals surface area contributed by atoms with Gasteiger partial charge >= 0.3 is 5.97 Å². The third-order valence-corrected chi connectivity index (χ3v) is 6.62. The molecule has 7 nitrogen and oxygen atoms in total. The molecule has 0 bridgehead atoms. The highest BCUT2D eigenvalue weighted by molar-refractivity contribution is 6.04. The van der Waals surface area contributed by atoms with Crippen LogP contribution >= 0.6 is 0 Å². The second-order valence-electron chi connectivity index (χ2n) is 9.78. The highest BCUT2D eigenvalue weighted by atomic mass is 16.6. The molecule has 0 saturated carbocycles. The molecule has 178 valence electrons. The van der Waals surface area contributed by atoms with Gasteiger partial charge in [0.1, 0.15) is 6.61 Å². The first-order valence-corrected chi connectivity index (χ1v) is 11.5. The first-order valence-electron chi connectivity index (χ1n) is 11.5. The number of carbonyl (C=O) groups is 2. The maximum atomic E-state index is 13.4. The van der Waals surface area contributed by atoms with Crippen molar-refractivity contribution < 1.29 is 28.5 Å². The fourth-order valence-electron chi connectivity index (χ4n) is 5.09. The molecule has 7 heteroatoms. The molecule has 1 fully saturated rings. The lowest BCUT2D eigenvalue weighted by Crippen LogP contribution is -2.39. The van der Waals surface area contributed by atoms with Crippen molar-refractivity contribution in [3.8, 4) is 11.5 Å². The summed E-state index contributed by atoms with van der Waals surface area (Å²) in [6.07, 6.45) is 2.94. The SMILES string of the molecule is COc1ccc(C2C(C(=O)OCC3CCCO3)=C(C)NC3=C2C(=O)CC(C)(C)C3)cc1OC. The number of benzene rings is 1. The number of allylic oxidation sites excluding steroid dienone is 3. The fourth-order valence-corrected chi connectivity index (χ4v) is 5.09. The minimum Gasteiger partial charge on any atom is -0.493 e. The Morgan fingerprint density at radius 3 is 2.61 bits per heavy atom. The van der Waals surface area contributed by atoms with Crippen LogP contribution in [0.25, 0.3) is 0 Å². The Morgan fingerprint density at radius 1 is 1.18 bits per heavy atom. The summed E-state index contributed by atoms with van der Waals surface area (Å²) in [5.41, 5.74) is 3.31. The van der Waals surface area contributed by atoms with Crippen LogP contribution in [0.15, 0.2) is 40.7 Å². The van der Waals surface area contributed by atoms with Crippen LogP contribution < -0.4 is 14.8 Å². The van der Waals surface area contributed by atoms with Gasteiger partial charge in [0.25, 0.3) is 0 Å². The summed E-state index contributed by atoms with van der Waals surface area (Å²) in [4.78, 5) is 26.8. The molecule has 0 aromatic heterocycles. The van der Waals surface area contributed by atoms with Crippen molar-refractivity contribution in [2.75, 3.05) is 27.4 Å². The zero-order valence-electron chi connectivity index (χ0n) is 20.1. The van der Waals surface area contributed by atoms with Crippen LogP contribution in [0.5, 0.6) is 11.5 Å². The van der Waals surface area contributed by atoms with E-state index in [1.165, 1.54) is 0 Å². The summed E-state index contributed by atoms with van der Waals surface area (Å²) in [6.45, 7) is 6.95. The average molecular weight is 456 g/mol. The van der Waals surface area contributed by atoms with E-state index in [1.807, 2.05) is 19.1 Å². The average Bonchev–Trinajstić information content (AvgIpc) is 3.28. The van der Waals surface area contributed by atoms with Gasteiger partial charge in [0.2, 0.25) is 0 Å². The Labute approximate surface area is 195 Å². The van der Waals surface area contributed by atoms with Gasteiger partial charge in [0, 0.05) is 35.9 Å². The Morgan fingerprint density at radius 2 is 1.94 bits per heavy atom. The van der Waals surface area contributed by atoms with Gasteiger partial charge in [-0.05, 0) is 49.3 Å². The van der Waals surface area contributed by atoms with E-state index in [0.29, 0.717) is 41.4 Å². The minimum absolute atomic E-state index is 0.0467. The molecule has 1 N–H and O–H groups in total. The summed E-state index contributed by atoms with van der Waals surface area (Å²) in [5, 5.41) is 3.36. The van der Waals surface area contributed by atoms with E-state index in [4.69, 9.17) is 18.9 Å². The first-order chi connectivity index (χ1) is 15.7. The number of esters is 1. The number of ether oxygens (including phenoxy) is 4. The van der Waals surface area contributed by atoms with Crippen LogP contribution in [-0.4, -0.2) is 45.3 Å². The van der Waals surface area contributed by atoms with Gasteiger partial charge in [-0.2, -0.15) is 0 Å². The van der Waals surface area contributed by atoms with Gasteiger partial charge in [-0.3, -0.25) is 4.79 Å². The van der Waals surface area contributed by atoms with Crippen LogP contribution in [-0.2, 0) is 19.1 Å². The molecule has 1 saturated heterocycles. The molecular weight excluding hydrogens is 422 g/mol. The van der Waals surface area contributed by atoms with Gasteiger partial charge in [-0.25, -0.2) is 4.79 Å². The van der Waals surface area contributed by atoms with Crippen molar-refractivity contribution in [3.63, 3.8) is 0 Å². The highest BCUT2D eigenvalue weighted by Gasteiger charge is 2.43. The molecule has 4 rings (SSSR count). The van der Waals surface area contributed by atoms with Crippen LogP contribution in [0.4, 0.5) is 0 Å². The third-order valence-electron chi connectivity index (χ3n) is 6.62. The number of Topliss-reactive ketones (excluding diaryl/α,β-unsaturated/α-hetero) is 1. The van der Waals surface area contributed by atoms with Crippen molar-refractivity contribution in [2.45, 2.75) is 58.5 Å². The molecule has 1 aliphatic carbocycles. The number of hydrogen-bond acceptors (Lipinski definition) is 7. The molecule has 0 spiro atoms. The van der Waals surface area contributed by atoms with Crippen LogP contribution in [0, 0.1) is 5.41 Å². The standard InChI is InChI=1S/C26H33NO6/c1-15-22(25(29)33-14-17-7-6-10-32-17)23(16-8-9-20(30-4)21(11-16)31-5)24-18(27-15)12-26(2,3)13-19(24)28/h8-9,11,17,23,27H,6-7,10,12-14H2,1-5H3. The second-order valence-corrected chi connectivity index (χ2v) is 9.78. The molecule has 2 aliphatic heterocycles. The lowest BCUT2D eigenvalue weighted by atomic mass is 9.68. The smallest absolute Gasteiger partial charge is 0.336 e. The lowest BCUT2D eigenvalue weighted by molar-refractivity contribution is -0.142. The van der Waals surface area contributed by atoms with E-state index in [1.54, 1.807) is 20.3 Å². The molecule has 3 aliphatic rings.